The molecule has 18 heavy (non-hydrogen) atoms. The van der Waals surface area contributed by atoms with Crippen LogP contribution >= 0.6 is 0 Å². The van der Waals surface area contributed by atoms with Gasteiger partial charge in [-0.05, 0) is 12.3 Å². The quantitative estimate of drug-likeness (QED) is 0.579. The lowest BCUT2D eigenvalue weighted by atomic mass is 9.88. The molecule has 7 heteroatoms. The fraction of sp³-hybridized carbons (Fsp3) is 0.727. The Kier molecular flexibility index (Phi) is 5.61. The molecule has 4 N–H and O–H groups in total. The summed E-state index contributed by atoms with van der Waals surface area (Å²) in [5, 5.41) is 22.0. The van der Waals surface area contributed by atoms with E-state index in [1.54, 1.807) is 6.92 Å². The van der Waals surface area contributed by atoms with Crippen molar-refractivity contribution in [3.63, 3.8) is 0 Å². The van der Waals surface area contributed by atoms with E-state index < -0.39 is 30.4 Å². The molecular formula is C11H20N2O5. The number of carboxylic acids is 2. The monoisotopic (exact) mass is 260 g/mol. The molecular weight excluding hydrogens is 240 g/mol. The smallest absolute Gasteiger partial charge is 0.326 e. The van der Waals surface area contributed by atoms with Gasteiger partial charge in [-0.3, -0.25) is 4.79 Å². The third kappa shape index (κ3) is 6.07. The summed E-state index contributed by atoms with van der Waals surface area (Å²) >= 11 is 0. The fourth-order valence-electron chi connectivity index (χ4n) is 0.988. The van der Waals surface area contributed by atoms with Crippen LogP contribution in [0.5, 0.6) is 0 Å². The number of rotatable bonds is 5. The Morgan fingerprint density at radius 2 is 1.61 bits per heavy atom. The van der Waals surface area contributed by atoms with Crippen molar-refractivity contribution in [2.45, 2.75) is 46.2 Å². The number of carboxylic acid groups (broad SMARTS) is 2. The highest BCUT2D eigenvalue weighted by molar-refractivity contribution is 5.86. The predicted octanol–water partition coefficient (Wildman–Crippen LogP) is 0.648. The van der Waals surface area contributed by atoms with Crippen molar-refractivity contribution in [1.29, 1.82) is 0 Å². The second-order valence-corrected chi connectivity index (χ2v) is 5.19. The Bertz CT molecular complexity index is 335. The van der Waals surface area contributed by atoms with Gasteiger partial charge in [-0.25, -0.2) is 9.59 Å². The SMILES string of the molecule is CC(NC(=O)N[C@H](CC(=O)O)C(=O)O)C(C)(C)C. The van der Waals surface area contributed by atoms with E-state index in [1.807, 2.05) is 20.8 Å². The number of urea groups is 1. The highest BCUT2D eigenvalue weighted by Gasteiger charge is 2.26. The van der Waals surface area contributed by atoms with Crippen LogP contribution in [0.15, 0.2) is 0 Å². The number of amides is 2. The van der Waals surface area contributed by atoms with Crippen molar-refractivity contribution in [2.24, 2.45) is 5.41 Å². The lowest BCUT2D eigenvalue weighted by Crippen LogP contribution is -2.51. The van der Waals surface area contributed by atoms with Crippen LogP contribution in [0.4, 0.5) is 4.79 Å². The second-order valence-electron chi connectivity index (χ2n) is 5.19. The first-order valence-corrected chi connectivity index (χ1v) is 5.55. The van der Waals surface area contributed by atoms with E-state index in [4.69, 9.17) is 10.2 Å². The maximum Gasteiger partial charge on any atom is 0.326 e. The van der Waals surface area contributed by atoms with E-state index in [1.165, 1.54) is 0 Å². The number of carbonyl (C=O) groups is 3. The van der Waals surface area contributed by atoms with Crippen molar-refractivity contribution >= 4 is 18.0 Å². The van der Waals surface area contributed by atoms with Crippen molar-refractivity contribution in [3.05, 3.63) is 0 Å². The molecule has 0 saturated heterocycles. The molecule has 0 aromatic rings. The molecule has 0 aromatic carbocycles. The minimum atomic E-state index is -1.44. The van der Waals surface area contributed by atoms with Gasteiger partial charge >= 0.3 is 18.0 Å². The minimum Gasteiger partial charge on any atom is -0.481 e. The maximum atomic E-state index is 11.5. The summed E-state index contributed by atoms with van der Waals surface area (Å²) in [5.41, 5.74) is -0.178. The standard InChI is InChI=1S/C11H20N2O5/c1-6(11(2,3)4)12-10(18)13-7(9(16)17)5-8(14)15/h6-7H,5H2,1-4H3,(H,14,15)(H,16,17)(H2,12,13,18)/t6?,7-/m1/s1. The van der Waals surface area contributed by atoms with E-state index in [-0.39, 0.29) is 11.5 Å². The van der Waals surface area contributed by atoms with E-state index >= 15 is 0 Å². The van der Waals surface area contributed by atoms with Gasteiger partial charge < -0.3 is 20.8 Å². The van der Waals surface area contributed by atoms with Crippen molar-refractivity contribution in [2.75, 3.05) is 0 Å². The second kappa shape index (κ2) is 6.23. The molecule has 0 fully saturated rings. The average Bonchev–Trinajstić information content (AvgIpc) is 2.13. The van der Waals surface area contributed by atoms with E-state index in [9.17, 15) is 14.4 Å². The fourth-order valence-corrected chi connectivity index (χ4v) is 0.988. The number of hydrogen-bond acceptors (Lipinski definition) is 3. The summed E-state index contributed by atoms with van der Waals surface area (Å²) in [6, 6.07) is -2.31. The molecule has 0 rings (SSSR count). The van der Waals surface area contributed by atoms with Crippen LogP contribution in [-0.2, 0) is 9.59 Å². The van der Waals surface area contributed by atoms with Gasteiger partial charge in [0.2, 0.25) is 0 Å². The van der Waals surface area contributed by atoms with Crippen molar-refractivity contribution < 1.29 is 24.6 Å². The summed E-state index contributed by atoms with van der Waals surface area (Å²) < 4.78 is 0. The van der Waals surface area contributed by atoms with Gasteiger partial charge in [-0.1, -0.05) is 20.8 Å². The van der Waals surface area contributed by atoms with Crippen molar-refractivity contribution in [3.8, 4) is 0 Å². The molecule has 0 aliphatic heterocycles. The molecule has 0 heterocycles. The van der Waals surface area contributed by atoms with Gasteiger partial charge in [-0.2, -0.15) is 0 Å². The molecule has 0 radical (unpaired) electrons. The van der Waals surface area contributed by atoms with E-state index in [0.717, 1.165) is 0 Å². The van der Waals surface area contributed by atoms with Crippen LogP contribution in [0.1, 0.15) is 34.1 Å². The third-order valence-electron chi connectivity index (χ3n) is 2.63. The first-order chi connectivity index (χ1) is 8.04. The lowest BCUT2D eigenvalue weighted by Gasteiger charge is -2.28. The molecule has 2 atom stereocenters. The van der Waals surface area contributed by atoms with Crippen LogP contribution in [0, 0.1) is 5.41 Å². The normalized spacial score (nSPS) is 14.4. The molecule has 0 bridgehead atoms. The lowest BCUT2D eigenvalue weighted by molar-refractivity contribution is -0.145. The summed E-state index contributed by atoms with van der Waals surface area (Å²) in [7, 11) is 0. The van der Waals surface area contributed by atoms with Crippen molar-refractivity contribution in [1.82, 2.24) is 10.6 Å². The largest absolute Gasteiger partial charge is 0.481 e. The summed E-state index contributed by atoms with van der Waals surface area (Å²) in [6.07, 6.45) is -0.660. The molecule has 104 valence electrons. The van der Waals surface area contributed by atoms with Gasteiger partial charge in [0.15, 0.2) is 0 Å². The molecule has 1 unspecified atom stereocenters. The van der Waals surface area contributed by atoms with Crippen LogP contribution in [0.25, 0.3) is 0 Å². The minimum absolute atomic E-state index is 0.178. The number of aliphatic carboxylic acids is 2. The molecule has 7 nitrogen and oxygen atoms in total. The van der Waals surface area contributed by atoms with Gasteiger partial charge in [-0.15, -0.1) is 0 Å². The maximum absolute atomic E-state index is 11.5. The zero-order valence-corrected chi connectivity index (χ0v) is 11.0. The first-order valence-electron chi connectivity index (χ1n) is 5.55. The summed E-state index contributed by atoms with van der Waals surface area (Å²) in [5.74, 6) is -2.66. The highest BCUT2D eigenvalue weighted by Crippen LogP contribution is 2.18. The third-order valence-corrected chi connectivity index (χ3v) is 2.63. The highest BCUT2D eigenvalue weighted by atomic mass is 16.4. The Hall–Kier alpha value is -1.79. The van der Waals surface area contributed by atoms with Crippen LogP contribution < -0.4 is 10.6 Å². The number of carbonyl (C=O) groups excluding carboxylic acids is 1. The first kappa shape index (κ1) is 16.2. The van der Waals surface area contributed by atoms with Crippen LogP contribution in [0.3, 0.4) is 0 Å². The molecule has 0 aliphatic rings. The zero-order chi connectivity index (χ0) is 14.5. The molecule has 0 aromatic heterocycles. The predicted molar refractivity (Wildman–Crippen MR) is 64.3 cm³/mol. The van der Waals surface area contributed by atoms with E-state index in [0.29, 0.717) is 0 Å². The number of hydrogen-bond donors (Lipinski definition) is 4. The Labute approximate surface area is 106 Å². The van der Waals surface area contributed by atoms with Gasteiger partial charge in [0, 0.05) is 6.04 Å². The Morgan fingerprint density at radius 1 is 1.11 bits per heavy atom. The zero-order valence-electron chi connectivity index (χ0n) is 11.0. The Morgan fingerprint density at radius 3 is 1.94 bits per heavy atom. The van der Waals surface area contributed by atoms with Gasteiger partial charge in [0.1, 0.15) is 6.04 Å². The summed E-state index contributed by atoms with van der Waals surface area (Å²) in [4.78, 5) is 32.7. The molecule has 0 aliphatic carbocycles. The van der Waals surface area contributed by atoms with Gasteiger partial charge in [0.05, 0.1) is 6.42 Å². The summed E-state index contributed by atoms with van der Waals surface area (Å²) in [6.45, 7) is 7.55. The Balaban J connectivity index is 4.44. The number of nitrogens with one attached hydrogen (secondary N) is 2. The van der Waals surface area contributed by atoms with Gasteiger partial charge in [0.25, 0.3) is 0 Å². The van der Waals surface area contributed by atoms with Crippen LogP contribution in [0.2, 0.25) is 0 Å². The molecule has 0 saturated carbocycles. The average molecular weight is 260 g/mol. The topological polar surface area (TPSA) is 116 Å². The van der Waals surface area contributed by atoms with Crippen LogP contribution in [-0.4, -0.2) is 40.3 Å². The molecule has 0 spiro atoms. The molecule has 2 amide bonds. The van der Waals surface area contributed by atoms with E-state index in [2.05, 4.69) is 10.6 Å².